The molecule has 2 aromatic carbocycles. The van der Waals surface area contributed by atoms with Gasteiger partial charge in [-0.15, -0.1) is 0 Å². The van der Waals surface area contributed by atoms with E-state index in [1.807, 2.05) is 6.92 Å². The largest absolute Gasteiger partial charge is 0.307 e. The highest BCUT2D eigenvalue weighted by Crippen LogP contribution is 2.30. The fourth-order valence-electron chi connectivity index (χ4n) is 2.32. The third-order valence-electron chi connectivity index (χ3n) is 3.49. The van der Waals surface area contributed by atoms with Crippen molar-refractivity contribution >= 4 is 27.5 Å². The first-order valence-electron chi connectivity index (χ1n) is 6.78. The van der Waals surface area contributed by atoms with Gasteiger partial charge in [-0.25, -0.2) is 0 Å². The van der Waals surface area contributed by atoms with Crippen LogP contribution in [0.2, 0.25) is 5.02 Å². The third-order valence-corrected chi connectivity index (χ3v) is 4.39. The van der Waals surface area contributed by atoms with Crippen LogP contribution in [0.25, 0.3) is 0 Å². The number of halogens is 2. The number of rotatable bonds is 4. The van der Waals surface area contributed by atoms with E-state index in [9.17, 15) is 0 Å². The summed E-state index contributed by atoms with van der Waals surface area (Å²) in [6, 6.07) is 12.8. The van der Waals surface area contributed by atoms with E-state index in [0.717, 1.165) is 21.6 Å². The second-order valence-electron chi connectivity index (χ2n) is 5.00. The molecule has 0 radical (unpaired) electrons. The molecule has 20 heavy (non-hydrogen) atoms. The smallest absolute Gasteiger partial charge is 0.0580 e. The Kier molecular flexibility index (Phi) is 5.25. The zero-order valence-corrected chi connectivity index (χ0v) is 14.3. The molecule has 0 aliphatic rings. The quantitative estimate of drug-likeness (QED) is 0.775. The molecule has 0 aliphatic carbocycles. The Morgan fingerprint density at radius 3 is 2.45 bits per heavy atom. The van der Waals surface area contributed by atoms with Crippen LogP contribution in [-0.4, -0.2) is 6.54 Å². The summed E-state index contributed by atoms with van der Waals surface area (Å²) in [5.74, 6) is 0. The van der Waals surface area contributed by atoms with Gasteiger partial charge in [0.2, 0.25) is 0 Å². The van der Waals surface area contributed by atoms with E-state index in [-0.39, 0.29) is 6.04 Å². The second-order valence-corrected chi connectivity index (χ2v) is 6.32. The summed E-state index contributed by atoms with van der Waals surface area (Å²) in [7, 11) is 0. The highest BCUT2D eigenvalue weighted by molar-refractivity contribution is 9.10. The van der Waals surface area contributed by atoms with Gasteiger partial charge < -0.3 is 5.32 Å². The van der Waals surface area contributed by atoms with Crippen LogP contribution in [0.4, 0.5) is 0 Å². The van der Waals surface area contributed by atoms with Crippen LogP contribution in [0, 0.1) is 13.8 Å². The van der Waals surface area contributed by atoms with E-state index in [1.54, 1.807) is 0 Å². The van der Waals surface area contributed by atoms with Crippen molar-refractivity contribution in [2.75, 3.05) is 6.54 Å². The maximum Gasteiger partial charge on any atom is 0.0580 e. The fraction of sp³-hybridized carbons (Fsp3) is 0.294. The first-order chi connectivity index (χ1) is 9.52. The van der Waals surface area contributed by atoms with Crippen LogP contribution in [-0.2, 0) is 0 Å². The van der Waals surface area contributed by atoms with Gasteiger partial charge >= 0.3 is 0 Å². The van der Waals surface area contributed by atoms with Gasteiger partial charge in [0, 0.05) is 9.50 Å². The molecule has 0 amide bonds. The van der Waals surface area contributed by atoms with Gasteiger partial charge in [-0.3, -0.25) is 0 Å². The minimum Gasteiger partial charge on any atom is -0.307 e. The summed E-state index contributed by atoms with van der Waals surface area (Å²) in [6.45, 7) is 7.19. The second kappa shape index (κ2) is 6.75. The predicted octanol–water partition coefficient (Wildman–Crippen LogP) is 5.42. The summed E-state index contributed by atoms with van der Waals surface area (Å²) >= 11 is 9.84. The molecule has 1 unspecified atom stereocenters. The molecule has 0 bridgehead atoms. The van der Waals surface area contributed by atoms with Crippen molar-refractivity contribution in [3.05, 3.63) is 68.1 Å². The van der Waals surface area contributed by atoms with Crippen molar-refractivity contribution in [3.8, 4) is 0 Å². The molecule has 0 spiro atoms. The minimum atomic E-state index is 0.163. The average molecular weight is 353 g/mol. The Morgan fingerprint density at radius 2 is 1.80 bits per heavy atom. The van der Waals surface area contributed by atoms with E-state index < -0.39 is 0 Å². The maximum absolute atomic E-state index is 6.28. The number of benzene rings is 2. The lowest BCUT2D eigenvalue weighted by Crippen LogP contribution is -2.22. The molecule has 1 N–H and O–H groups in total. The first kappa shape index (κ1) is 15.6. The Labute approximate surface area is 134 Å². The zero-order valence-electron chi connectivity index (χ0n) is 12.0. The lowest BCUT2D eigenvalue weighted by Gasteiger charge is -2.22. The highest BCUT2D eigenvalue weighted by atomic mass is 79.9. The van der Waals surface area contributed by atoms with Gasteiger partial charge in [-0.2, -0.15) is 0 Å². The van der Waals surface area contributed by atoms with E-state index in [1.165, 1.54) is 16.7 Å². The van der Waals surface area contributed by atoms with E-state index >= 15 is 0 Å². The van der Waals surface area contributed by atoms with E-state index in [2.05, 4.69) is 71.5 Å². The standard InChI is InChI=1S/C17H19BrClN/c1-4-20-17(13-7-5-12(3)16(19)9-13)15-10-14(18)8-6-11(15)2/h5-10,17,20H,4H2,1-3H3. The van der Waals surface area contributed by atoms with Crippen molar-refractivity contribution in [1.82, 2.24) is 5.32 Å². The molecule has 2 aromatic rings. The van der Waals surface area contributed by atoms with Crippen LogP contribution >= 0.6 is 27.5 Å². The number of nitrogens with one attached hydrogen (secondary N) is 1. The van der Waals surface area contributed by atoms with Crippen LogP contribution < -0.4 is 5.32 Å². The Bertz CT molecular complexity index is 610. The van der Waals surface area contributed by atoms with Crippen LogP contribution in [0.3, 0.4) is 0 Å². The molecule has 0 aliphatic heterocycles. The van der Waals surface area contributed by atoms with Gasteiger partial charge in [0.1, 0.15) is 0 Å². The van der Waals surface area contributed by atoms with Crippen molar-refractivity contribution in [2.45, 2.75) is 26.8 Å². The molecule has 106 valence electrons. The molecule has 0 saturated carbocycles. The van der Waals surface area contributed by atoms with E-state index in [0.29, 0.717) is 0 Å². The van der Waals surface area contributed by atoms with Gasteiger partial charge in [-0.1, -0.05) is 52.7 Å². The summed E-state index contributed by atoms with van der Waals surface area (Å²) in [5.41, 5.74) is 4.86. The van der Waals surface area contributed by atoms with E-state index in [4.69, 9.17) is 11.6 Å². The summed E-state index contributed by atoms with van der Waals surface area (Å²) in [4.78, 5) is 0. The molecule has 1 nitrogen and oxygen atoms in total. The molecular formula is C17H19BrClN. The Balaban J connectivity index is 2.49. The summed E-state index contributed by atoms with van der Waals surface area (Å²) in [5, 5.41) is 4.37. The fourth-order valence-corrected chi connectivity index (χ4v) is 2.89. The summed E-state index contributed by atoms with van der Waals surface area (Å²) < 4.78 is 1.10. The first-order valence-corrected chi connectivity index (χ1v) is 7.95. The van der Waals surface area contributed by atoms with Gasteiger partial charge in [-0.05, 0) is 60.8 Å². The van der Waals surface area contributed by atoms with Crippen LogP contribution in [0.1, 0.15) is 35.2 Å². The molecule has 0 saturated heterocycles. The maximum atomic E-state index is 6.28. The SMILES string of the molecule is CCNC(c1ccc(C)c(Cl)c1)c1cc(Br)ccc1C. The van der Waals surface area contributed by atoms with Crippen LogP contribution in [0.15, 0.2) is 40.9 Å². The Hall–Kier alpha value is -0.830. The molecular weight excluding hydrogens is 334 g/mol. The van der Waals surface area contributed by atoms with Crippen LogP contribution in [0.5, 0.6) is 0 Å². The van der Waals surface area contributed by atoms with Gasteiger partial charge in [0.05, 0.1) is 6.04 Å². The normalized spacial score (nSPS) is 12.4. The lowest BCUT2D eigenvalue weighted by molar-refractivity contribution is 0.627. The molecule has 0 fully saturated rings. The topological polar surface area (TPSA) is 12.0 Å². The van der Waals surface area contributed by atoms with Gasteiger partial charge in [0.15, 0.2) is 0 Å². The lowest BCUT2D eigenvalue weighted by atomic mass is 9.94. The highest BCUT2D eigenvalue weighted by Gasteiger charge is 2.16. The zero-order chi connectivity index (χ0) is 14.7. The van der Waals surface area contributed by atoms with Gasteiger partial charge in [0.25, 0.3) is 0 Å². The number of hydrogen-bond acceptors (Lipinski definition) is 1. The Morgan fingerprint density at radius 1 is 1.10 bits per heavy atom. The molecule has 1 atom stereocenters. The minimum absolute atomic E-state index is 0.163. The average Bonchev–Trinajstić information content (AvgIpc) is 2.42. The third kappa shape index (κ3) is 3.43. The summed E-state index contributed by atoms with van der Waals surface area (Å²) in [6.07, 6.45) is 0. The molecule has 0 aromatic heterocycles. The molecule has 2 rings (SSSR count). The molecule has 0 heterocycles. The number of aryl methyl sites for hydroxylation is 2. The molecule has 3 heteroatoms. The van der Waals surface area contributed by atoms with Crippen molar-refractivity contribution in [2.24, 2.45) is 0 Å². The van der Waals surface area contributed by atoms with Crippen molar-refractivity contribution in [1.29, 1.82) is 0 Å². The monoisotopic (exact) mass is 351 g/mol. The van der Waals surface area contributed by atoms with Crippen molar-refractivity contribution in [3.63, 3.8) is 0 Å². The van der Waals surface area contributed by atoms with Crippen molar-refractivity contribution < 1.29 is 0 Å². The predicted molar refractivity (Wildman–Crippen MR) is 90.6 cm³/mol. The number of hydrogen-bond donors (Lipinski definition) is 1.